The highest BCUT2D eigenvalue weighted by Gasteiger charge is 2.28. The number of alkyl halides is 1. The van der Waals surface area contributed by atoms with Crippen molar-refractivity contribution < 1.29 is 0 Å². The SMILES string of the molecule is ClCC1CCN(C2CCCCC2)C1. The van der Waals surface area contributed by atoms with Crippen LogP contribution in [0.15, 0.2) is 0 Å². The van der Waals surface area contributed by atoms with Gasteiger partial charge in [-0.05, 0) is 31.7 Å². The van der Waals surface area contributed by atoms with Gasteiger partial charge in [0.2, 0.25) is 0 Å². The molecule has 2 fully saturated rings. The molecule has 0 aromatic heterocycles. The molecule has 13 heavy (non-hydrogen) atoms. The van der Waals surface area contributed by atoms with E-state index in [9.17, 15) is 0 Å². The van der Waals surface area contributed by atoms with E-state index in [4.69, 9.17) is 11.6 Å². The molecule has 2 aliphatic rings. The highest BCUT2D eigenvalue weighted by atomic mass is 35.5. The lowest BCUT2D eigenvalue weighted by atomic mass is 9.94. The average Bonchev–Trinajstić information content (AvgIpc) is 2.67. The van der Waals surface area contributed by atoms with Crippen molar-refractivity contribution in [1.82, 2.24) is 4.90 Å². The van der Waals surface area contributed by atoms with E-state index in [-0.39, 0.29) is 0 Å². The summed E-state index contributed by atoms with van der Waals surface area (Å²) in [6.07, 6.45) is 8.58. The number of rotatable bonds is 2. The summed E-state index contributed by atoms with van der Waals surface area (Å²) >= 11 is 5.89. The van der Waals surface area contributed by atoms with Crippen LogP contribution in [0.2, 0.25) is 0 Å². The van der Waals surface area contributed by atoms with Crippen molar-refractivity contribution in [2.45, 2.75) is 44.6 Å². The molecule has 1 nitrogen and oxygen atoms in total. The maximum absolute atomic E-state index is 5.89. The second-order valence-electron chi connectivity index (χ2n) is 4.60. The molecule has 76 valence electrons. The van der Waals surface area contributed by atoms with Crippen LogP contribution >= 0.6 is 11.6 Å². The minimum atomic E-state index is 0.781. The third-order valence-corrected chi connectivity index (χ3v) is 4.06. The molecular weight excluding hydrogens is 182 g/mol. The van der Waals surface area contributed by atoms with Gasteiger partial charge in [0.15, 0.2) is 0 Å². The van der Waals surface area contributed by atoms with Crippen LogP contribution in [0.5, 0.6) is 0 Å². The van der Waals surface area contributed by atoms with E-state index in [1.165, 1.54) is 51.6 Å². The first-order valence-electron chi connectivity index (χ1n) is 5.70. The summed E-state index contributed by atoms with van der Waals surface area (Å²) in [6, 6.07) is 0.905. The quantitative estimate of drug-likeness (QED) is 0.622. The first kappa shape index (κ1) is 9.79. The minimum Gasteiger partial charge on any atom is -0.300 e. The van der Waals surface area contributed by atoms with Crippen molar-refractivity contribution in [1.29, 1.82) is 0 Å². The molecule has 0 spiro atoms. The molecular formula is C11H20ClN. The summed E-state index contributed by atoms with van der Waals surface area (Å²) in [4.78, 5) is 2.69. The van der Waals surface area contributed by atoms with Crippen LogP contribution in [0.1, 0.15) is 38.5 Å². The Labute approximate surface area is 86.4 Å². The van der Waals surface area contributed by atoms with Gasteiger partial charge in [-0.1, -0.05) is 19.3 Å². The second-order valence-corrected chi connectivity index (χ2v) is 4.90. The van der Waals surface area contributed by atoms with Gasteiger partial charge >= 0.3 is 0 Å². The van der Waals surface area contributed by atoms with E-state index in [0.717, 1.165) is 17.8 Å². The van der Waals surface area contributed by atoms with Crippen LogP contribution in [0, 0.1) is 5.92 Å². The Morgan fingerprint density at radius 3 is 2.46 bits per heavy atom. The van der Waals surface area contributed by atoms with Gasteiger partial charge in [-0.3, -0.25) is 0 Å². The summed E-state index contributed by atoms with van der Waals surface area (Å²) in [5.41, 5.74) is 0. The highest BCUT2D eigenvalue weighted by molar-refractivity contribution is 6.18. The molecule has 1 aliphatic heterocycles. The zero-order valence-electron chi connectivity index (χ0n) is 8.34. The zero-order chi connectivity index (χ0) is 9.10. The Balaban J connectivity index is 1.80. The number of likely N-dealkylation sites (tertiary alicyclic amines) is 1. The Kier molecular flexibility index (Phi) is 3.51. The standard InChI is InChI=1S/C11H20ClN/c12-8-10-6-7-13(9-10)11-4-2-1-3-5-11/h10-11H,1-9H2. The van der Waals surface area contributed by atoms with E-state index >= 15 is 0 Å². The van der Waals surface area contributed by atoms with E-state index in [1.807, 2.05) is 0 Å². The van der Waals surface area contributed by atoms with Gasteiger partial charge in [0.05, 0.1) is 0 Å². The summed E-state index contributed by atoms with van der Waals surface area (Å²) in [5.74, 6) is 1.65. The number of nitrogens with zero attached hydrogens (tertiary/aromatic N) is 1. The van der Waals surface area contributed by atoms with Crippen LogP contribution in [0.25, 0.3) is 0 Å². The molecule has 0 bridgehead atoms. The summed E-state index contributed by atoms with van der Waals surface area (Å²) in [7, 11) is 0. The fourth-order valence-electron chi connectivity index (χ4n) is 2.77. The van der Waals surface area contributed by atoms with Gasteiger partial charge < -0.3 is 4.90 Å². The number of halogens is 1. The molecule has 2 heteroatoms. The monoisotopic (exact) mass is 201 g/mol. The van der Waals surface area contributed by atoms with Crippen molar-refractivity contribution in [2.75, 3.05) is 19.0 Å². The van der Waals surface area contributed by atoms with Crippen LogP contribution in [0.3, 0.4) is 0 Å². The summed E-state index contributed by atoms with van der Waals surface area (Å²) in [6.45, 7) is 2.58. The van der Waals surface area contributed by atoms with Gasteiger partial charge in [-0.2, -0.15) is 0 Å². The molecule has 0 N–H and O–H groups in total. The molecule has 1 heterocycles. The fourth-order valence-corrected chi connectivity index (χ4v) is 3.02. The van der Waals surface area contributed by atoms with Gasteiger partial charge in [0.1, 0.15) is 0 Å². The van der Waals surface area contributed by atoms with Crippen molar-refractivity contribution in [3.05, 3.63) is 0 Å². The van der Waals surface area contributed by atoms with Crippen molar-refractivity contribution in [3.63, 3.8) is 0 Å². The first-order chi connectivity index (χ1) is 6.40. The maximum Gasteiger partial charge on any atom is 0.0264 e. The lowest BCUT2D eigenvalue weighted by Gasteiger charge is -2.30. The molecule has 0 radical (unpaired) electrons. The van der Waals surface area contributed by atoms with Crippen molar-refractivity contribution in [2.24, 2.45) is 5.92 Å². The van der Waals surface area contributed by atoms with Gasteiger partial charge in [0, 0.05) is 18.5 Å². The lowest BCUT2D eigenvalue weighted by Crippen LogP contribution is -2.35. The Morgan fingerprint density at radius 1 is 1.08 bits per heavy atom. The average molecular weight is 202 g/mol. The third kappa shape index (κ3) is 2.38. The predicted molar refractivity (Wildman–Crippen MR) is 57.3 cm³/mol. The van der Waals surface area contributed by atoms with Crippen LogP contribution in [-0.2, 0) is 0 Å². The third-order valence-electron chi connectivity index (χ3n) is 3.63. The molecule has 1 aliphatic carbocycles. The van der Waals surface area contributed by atoms with Crippen LogP contribution in [0.4, 0.5) is 0 Å². The zero-order valence-corrected chi connectivity index (χ0v) is 9.10. The van der Waals surface area contributed by atoms with Crippen molar-refractivity contribution >= 4 is 11.6 Å². The molecule has 0 aromatic rings. The summed E-state index contributed by atoms with van der Waals surface area (Å²) < 4.78 is 0. The van der Waals surface area contributed by atoms with E-state index in [2.05, 4.69) is 4.90 Å². The summed E-state index contributed by atoms with van der Waals surface area (Å²) in [5, 5.41) is 0. The largest absolute Gasteiger partial charge is 0.300 e. The van der Waals surface area contributed by atoms with Gasteiger partial charge in [-0.25, -0.2) is 0 Å². The molecule has 1 unspecified atom stereocenters. The molecule has 1 atom stereocenters. The topological polar surface area (TPSA) is 3.24 Å². The minimum absolute atomic E-state index is 0.781. The molecule has 0 amide bonds. The normalized spacial score (nSPS) is 32.5. The Morgan fingerprint density at radius 2 is 1.85 bits per heavy atom. The number of hydrogen-bond acceptors (Lipinski definition) is 1. The molecule has 1 saturated heterocycles. The number of hydrogen-bond donors (Lipinski definition) is 0. The van der Waals surface area contributed by atoms with Crippen LogP contribution in [-0.4, -0.2) is 29.9 Å². The second kappa shape index (κ2) is 4.65. The smallest absolute Gasteiger partial charge is 0.0264 e. The predicted octanol–water partition coefficient (Wildman–Crippen LogP) is 2.88. The van der Waals surface area contributed by atoms with E-state index in [1.54, 1.807) is 0 Å². The van der Waals surface area contributed by atoms with Crippen molar-refractivity contribution in [3.8, 4) is 0 Å². The fraction of sp³-hybridized carbons (Fsp3) is 1.00. The molecule has 0 aromatic carbocycles. The Bertz CT molecular complexity index is 154. The van der Waals surface area contributed by atoms with Gasteiger partial charge in [-0.15, -0.1) is 11.6 Å². The van der Waals surface area contributed by atoms with E-state index < -0.39 is 0 Å². The van der Waals surface area contributed by atoms with Crippen LogP contribution < -0.4 is 0 Å². The van der Waals surface area contributed by atoms with E-state index in [0.29, 0.717) is 0 Å². The first-order valence-corrected chi connectivity index (χ1v) is 6.23. The molecule has 1 saturated carbocycles. The molecule has 2 rings (SSSR count). The van der Waals surface area contributed by atoms with Gasteiger partial charge in [0.25, 0.3) is 0 Å². The highest BCUT2D eigenvalue weighted by Crippen LogP contribution is 2.27. The lowest BCUT2D eigenvalue weighted by molar-refractivity contribution is 0.186. The Hall–Kier alpha value is 0.250. The maximum atomic E-state index is 5.89.